The van der Waals surface area contributed by atoms with Crippen LogP contribution in [0.15, 0.2) is 22.7 Å². The zero-order valence-corrected chi connectivity index (χ0v) is 13.5. The Balaban J connectivity index is 2.31. The lowest BCUT2D eigenvalue weighted by Crippen LogP contribution is -2.40. The summed E-state index contributed by atoms with van der Waals surface area (Å²) in [4.78, 5) is 14.0. The lowest BCUT2D eigenvalue weighted by molar-refractivity contribution is 0.0577. The van der Waals surface area contributed by atoms with E-state index < -0.39 is 5.60 Å². The number of anilines is 1. The maximum atomic E-state index is 12.3. The van der Waals surface area contributed by atoms with Gasteiger partial charge >= 0.3 is 6.09 Å². The van der Waals surface area contributed by atoms with E-state index in [-0.39, 0.29) is 6.09 Å². The predicted molar refractivity (Wildman–Crippen MR) is 80.8 cm³/mol. The van der Waals surface area contributed by atoms with E-state index in [4.69, 9.17) is 4.74 Å². The van der Waals surface area contributed by atoms with Gasteiger partial charge in [-0.05, 0) is 56.9 Å². The first-order chi connectivity index (χ1) is 8.78. The van der Waals surface area contributed by atoms with Crippen LogP contribution in [0.1, 0.15) is 45.6 Å². The monoisotopic (exact) mass is 325 g/mol. The molecule has 3 nitrogen and oxygen atoms in total. The molecule has 0 radical (unpaired) electrons. The molecule has 2 rings (SSSR count). The average molecular weight is 326 g/mol. The van der Waals surface area contributed by atoms with Gasteiger partial charge in [-0.1, -0.05) is 22.9 Å². The van der Waals surface area contributed by atoms with Crippen molar-refractivity contribution in [1.82, 2.24) is 0 Å². The number of amides is 1. The maximum absolute atomic E-state index is 12.3. The van der Waals surface area contributed by atoms with Gasteiger partial charge in [0, 0.05) is 11.0 Å². The topological polar surface area (TPSA) is 29.5 Å². The van der Waals surface area contributed by atoms with Gasteiger partial charge in [0.05, 0.1) is 5.69 Å². The zero-order valence-electron chi connectivity index (χ0n) is 11.9. The van der Waals surface area contributed by atoms with Gasteiger partial charge in [-0.3, -0.25) is 4.90 Å². The molecule has 1 aromatic carbocycles. The van der Waals surface area contributed by atoms with E-state index in [2.05, 4.69) is 28.9 Å². The highest BCUT2D eigenvalue weighted by atomic mass is 79.9. The number of hydrogen-bond acceptors (Lipinski definition) is 2. The lowest BCUT2D eigenvalue weighted by atomic mass is 9.92. The molecule has 1 aliphatic rings. The molecule has 4 heteroatoms. The summed E-state index contributed by atoms with van der Waals surface area (Å²) in [6.07, 6.45) is 0.700. The first kappa shape index (κ1) is 14.4. The first-order valence-corrected chi connectivity index (χ1v) is 7.37. The van der Waals surface area contributed by atoms with Crippen LogP contribution in [0.2, 0.25) is 0 Å². The number of nitrogens with zero attached hydrogens (tertiary/aromatic N) is 1. The molecule has 1 heterocycles. The minimum atomic E-state index is -0.463. The second-order valence-electron chi connectivity index (χ2n) is 6.02. The third-order valence-electron chi connectivity index (χ3n) is 3.21. The average Bonchev–Trinajstić information content (AvgIpc) is 2.27. The maximum Gasteiger partial charge on any atom is 0.414 e. The smallest absolute Gasteiger partial charge is 0.414 e. The van der Waals surface area contributed by atoms with Crippen LogP contribution in [0.4, 0.5) is 10.5 Å². The van der Waals surface area contributed by atoms with Crippen LogP contribution in [0, 0.1) is 0 Å². The van der Waals surface area contributed by atoms with Gasteiger partial charge in [0.1, 0.15) is 5.60 Å². The minimum Gasteiger partial charge on any atom is -0.443 e. The molecule has 1 aliphatic heterocycles. The normalized spacial score (nSPS) is 19.0. The van der Waals surface area contributed by atoms with Crippen molar-refractivity contribution < 1.29 is 9.53 Å². The molecule has 0 N–H and O–H groups in total. The number of rotatable bonds is 0. The molecular formula is C15H20BrNO2. The quantitative estimate of drug-likeness (QED) is 0.692. The number of carbonyl (C=O) groups is 1. The largest absolute Gasteiger partial charge is 0.443 e. The fraction of sp³-hybridized carbons (Fsp3) is 0.533. The first-order valence-electron chi connectivity index (χ1n) is 6.58. The van der Waals surface area contributed by atoms with Crippen molar-refractivity contribution in [3.63, 3.8) is 0 Å². The number of ether oxygens (including phenoxy) is 1. The second-order valence-corrected chi connectivity index (χ2v) is 6.94. The number of carbonyl (C=O) groups excluding carboxylic acids is 1. The third kappa shape index (κ3) is 3.30. The molecular weight excluding hydrogens is 306 g/mol. The minimum absolute atomic E-state index is 0.261. The van der Waals surface area contributed by atoms with Gasteiger partial charge in [-0.15, -0.1) is 0 Å². The fourth-order valence-electron chi connectivity index (χ4n) is 2.27. The van der Waals surface area contributed by atoms with E-state index >= 15 is 0 Å². The van der Waals surface area contributed by atoms with Crippen LogP contribution in [0.3, 0.4) is 0 Å². The van der Waals surface area contributed by atoms with Crippen molar-refractivity contribution in [2.45, 2.75) is 45.6 Å². The Bertz CT molecular complexity index is 493. The molecule has 0 aromatic heterocycles. The van der Waals surface area contributed by atoms with Crippen LogP contribution in [-0.4, -0.2) is 18.2 Å². The van der Waals surface area contributed by atoms with Gasteiger partial charge in [-0.25, -0.2) is 4.79 Å². The summed E-state index contributed by atoms with van der Waals surface area (Å²) < 4.78 is 6.52. The van der Waals surface area contributed by atoms with Gasteiger partial charge in [0.25, 0.3) is 0 Å². The zero-order chi connectivity index (χ0) is 14.2. The molecule has 0 saturated heterocycles. The Morgan fingerprint density at radius 2 is 2.11 bits per heavy atom. The van der Waals surface area contributed by atoms with E-state index in [9.17, 15) is 4.79 Å². The van der Waals surface area contributed by atoms with Crippen LogP contribution in [0.25, 0.3) is 0 Å². The highest BCUT2D eigenvalue weighted by molar-refractivity contribution is 9.10. The number of fused-ring (bicyclic) bond motifs is 1. The molecule has 0 bridgehead atoms. The summed E-state index contributed by atoms with van der Waals surface area (Å²) in [7, 11) is 0. The number of hydrogen-bond donors (Lipinski definition) is 0. The van der Waals surface area contributed by atoms with Gasteiger partial charge in [0.15, 0.2) is 0 Å². The molecule has 0 saturated carbocycles. The highest BCUT2D eigenvalue weighted by Crippen LogP contribution is 2.37. The standard InChI is InChI=1S/C15H20BrNO2/c1-10-7-8-17(14(18)19-15(2,3)4)13-6-5-11(16)9-12(10)13/h5-6,9-10H,7-8H2,1-4H3/t10-/m0/s1. The SMILES string of the molecule is C[C@H]1CCN(C(=O)OC(C)(C)C)c2ccc(Br)cc21. The summed E-state index contributed by atoms with van der Waals surface area (Å²) in [5, 5.41) is 0. The lowest BCUT2D eigenvalue weighted by Gasteiger charge is -2.34. The van der Waals surface area contributed by atoms with Crippen molar-refractivity contribution in [3.8, 4) is 0 Å². The molecule has 0 aliphatic carbocycles. The summed E-state index contributed by atoms with van der Waals surface area (Å²) >= 11 is 3.49. The van der Waals surface area contributed by atoms with Crippen LogP contribution < -0.4 is 4.90 Å². The molecule has 1 amide bonds. The number of benzene rings is 1. The molecule has 19 heavy (non-hydrogen) atoms. The fourth-order valence-corrected chi connectivity index (χ4v) is 2.65. The Morgan fingerprint density at radius 3 is 2.74 bits per heavy atom. The van der Waals surface area contributed by atoms with Gasteiger partial charge in [0.2, 0.25) is 0 Å². The number of halogens is 1. The van der Waals surface area contributed by atoms with Crippen molar-refractivity contribution in [2.75, 3.05) is 11.4 Å². The highest BCUT2D eigenvalue weighted by Gasteiger charge is 2.29. The second kappa shape index (κ2) is 5.16. The predicted octanol–water partition coefficient (Wildman–Crippen LogP) is 4.70. The Morgan fingerprint density at radius 1 is 1.42 bits per heavy atom. The van der Waals surface area contributed by atoms with Crippen molar-refractivity contribution in [1.29, 1.82) is 0 Å². The van der Waals surface area contributed by atoms with Gasteiger partial charge < -0.3 is 4.74 Å². The molecule has 0 spiro atoms. The summed E-state index contributed by atoms with van der Waals surface area (Å²) in [5.74, 6) is 0.464. The van der Waals surface area contributed by atoms with Crippen LogP contribution in [-0.2, 0) is 4.74 Å². The molecule has 104 valence electrons. The van der Waals surface area contributed by atoms with E-state index in [0.717, 1.165) is 16.6 Å². The molecule has 0 fully saturated rings. The van der Waals surface area contributed by atoms with Crippen LogP contribution in [0.5, 0.6) is 0 Å². The van der Waals surface area contributed by atoms with Crippen LogP contribution >= 0.6 is 15.9 Å². The van der Waals surface area contributed by atoms with Crippen molar-refractivity contribution >= 4 is 27.7 Å². The summed E-state index contributed by atoms with van der Waals surface area (Å²) in [6.45, 7) is 8.57. The molecule has 0 unspecified atom stereocenters. The summed E-state index contributed by atoms with van der Waals surface area (Å²) in [5.41, 5.74) is 1.71. The van der Waals surface area contributed by atoms with E-state index in [1.54, 1.807) is 4.90 Å². The van der Waals surface area contributed by atoms with Gasteiger partial charge in [-0.2, -0.15) is 0 Å². The molecule has 1 aromatic rings. The Kier molecular flexibility index (Phi) is 3.90. The Hall–Kier alpha value is -1.03. The summed E-state index contributed by atoms with van der Waals surface area (Å²) in [6, 6.07) is 6.05. The van der Waals surface area contributed by atoms with E-state index in [0.29, 0.717) is 12.5 Å². The Labute approximate surface area is 123 Å². The van der Waals surface area contributed by atoms with Crippen molar-refractivity contribution in [3.05, 3.63) is 28.2 Å². The third-order valence-corrected chi connectivity index (χ3v) is 3.70. The molecule has 1 atom stereocenters. The van der Waals surface area contributed by atoms with E-state index in [1.165, 1.54) is 5.56 Å². The van der Waals surface area contributed by atoms with Crippen molar-refractivity contribution in [2.24, 2.45) is 0 Å². The van der Waals surface area contributed by atoms with E-state index in [1.807, 2.05) is 32.9 Å².